The summed E-state index contributed by atoms with van der Waals surface area (Å²) in [6.45, 7) is 0.236. The standard InChI is InChI=1S/C15H13BrClNO3/c1-19-15-10(5-9(17)6-11(15)16)14(18)8-2-3-12-13(4-8)21-7-20-12/h2-6,14H,7,18H2,1H3. The first-order chi connectivity index (χ1) is 10.1. The van der Waals surface area contributed by atoms with Gasteiger partial charge < -0.3 is 19.9 Å². The van der Waals surface area contributed by atoms with Crippen molar-refractivity contribution < 1.29 is 14.2 Å². The minimum atomic E-state index is -0.385. The molecule has 3 rings (SSSR count). The number of benzene rings is 2. The summed E-state index contributed by atoms with van der Waals surface area (Å²) in [5.74, 6) is 2.10. The summed E-state index contributed by atoms with van der Waals surface area (Å²) in [4.78, 5) is 0. The van der Waals surface area contributed by atoms with Crippen molar-refractivity contribution in [1.82, 2.24) is 0 Å². The molecule has 0 saturated carbocycles. The topological polar surface area (TPSA) is 53.7 Å². The molecule has 2 aromatic rings. The van der Waals surface area contributed by atoms with Crippen LogP contribution in [0, 0.1) is 0 Å². The van der Waals surface area contributed by atoms with E-state index >= 15 is 0 Å². The molecule has 0 radical (unpaired) electrons. The number of halogens is 2. The van der Waals surface area contributed by atoms with Crippen LogP contribution in [0.4, 0.5) is 0 Å². The molecule has 0 saturated heterocycles. The zero-order chi connectivity index (χ0) is 15.0. The fourth-order valence-electron chi connectivity index (χ4n) is 2.31. The van der Waals surface area contributed by atoms with Crippen LogP contribution in [0.25, 0.3) is 0 Å². The fourth-order valence-corrected chi connectivity index (χ4v) is 3.31. The number of methoxy groups -OCH3 is 1. The minimum absolute atomic E-state index is 0.236. The second-order valence-corrected chi connectivity index (χ2v) is 5.89. The van der Waals surface area contributed by atoms with Crippen molar-refractivity contribution in [2.24, 2.45) is 5.73 Å². The van der Waals surface area contributed by atoms with E-state index in [4.69, 9.17) is 31.5 Å². The van der Waals surface area contributed by atoms with Crippen LogP contribution < -0.4 is 19.9 Å². The van der Waals surface area contributed by atoms with E-state index in [2.05, 4.69) is 15.9 Å². The molecule has 1 aliphatic rings. The molecule has 2 aromatic carbocycles. The molecule has 0 bridgehead atoms. The predicted molar refractivity (Wildman–Crippen MR) is 84.3 cm³/mol. The summed E-state index contributed by atoms with van der Waals surface area (Å²) in [5.41, 5.74) is 8.07. The molecule has 0 spiro atoms. The number of rotatable bonds is 3. The Morgan fingerprint density at radius 2 is 2.00 bits per heavy atom. The number of nitrogens with two attached hydrogens (primary N) is 1. The van der Waals surface area contributed by atoms with Crippen LogP contribution in [0.3, 0.4) is 0 Å². The summed E-state index contributed by atoms with van der Waals surface area (Å²) >= 11 is 9.56. The Labute approximate surface area is 135 Å². The van der Waals surface area contributed by atoms with Crippen molar-refractivity contribution in [3.63, 3.8) is 0 Å². The van der Waals surface area contributed by atoms with E-state index in [-0.39, 0.29) is 12.8 Å². The molecule has 1 heterocycles. The maximum Gasteiger partial charge on any atom is 0.231 e. The Kier molecular flexibility index (Phi) is 3.97. The molecule has 1 aliphatic heterocycles. The Morgan fingerprint density at radius 1 is 1.24 bits per heavy atom. The van der Waals surface area contributed by atoms with Crippen LogP contribution >= 0.6 is 27.5 Å². The molecule has 0 aromatic heterocycles. The Bertz CT molecular complexity index is 693. The first-order valence-corrected chi connectivity index (χ1v) is 7.45. The van der Waals surface area contributed by atoms with Gasteiger partial charge >= 0.3 is 0 Å². The van der Waals surface area contributed by atoms with Gasteiger partial charge in [-0.15, -0.1) is 0 Å². The first kappa shape index (κ1) is 14.5. The number of fused-ring (bicyclic) bond motifs is 1. The summed E-state index contributed by atoms with van der Waals surface area (Å²) in [7, 11) is 1.60. The van der Waals surface area contributed by atoms with Gasteiger partial charge in [0.05, 0.1) is 17.6 Å². The third-order valence-electron chi connectivity index (χ3n) is 3.33. The third kappa shape index (κ3) is 2.69. The van der Waals surface area contributed by atoms with E-state index in [0.717, 1.165) is 21.3 Å². The molecule has 2 N–H and O–H groups in total. The quantitative estimate of drug-likeness (QED) is 0.890. The number of hydrogen-bond acceptors (Lipinski definition) is 4. The lowest BCUT2D eigenvalue weighted by molar-refractivity contribution is 0.174. The van der Waals surface area contributed by atoms with Crippen LogP contribution in [-0.4, -0.2) is 13.9 Å². The summed E-state index contributed by atoms with van der Waals surface area (Å²) in [6, 6.07) is 8.83. The van der Waals surface area contributed by atoms with Gasteiger partial charge in [0.2, 0.25) is 6.79 Å². The van der Waals surface area contributed by atoms with E-state index in [1.165, 1.54) is 0 Å². The molecule has 0 amide bonds. The van der Waals surface area contributed by atoms with E-state index < -0.39 is 0 Å². The predicted octanol–water partition coefficient (Wildman–Crippen LogP) is 3.89. The zero-order valence-corrected chi connectivity index (χ0v) is 13.6. The van der Waals surface area contributed by atoms with Gasteiger partial charge in [0.25, 0.3) is 0 Å². The molecule has 1 unspecified atom stereocenters. The molecular formula is C15H13BrClNO3. The molecule has 110 valence electrons. The van der Waals surface area contributed by atoms with Crippen molar-refractivity contribution in [3.8, 4) is 17.2 Å². The monoisotopic (exact) mass is 369 g/mol. The number of ether oxygens (including phenoxy) is 3. The average Bonchev–Trinajstić information content (AvgIpc) is 2.93. The van der Waals surface area contributed by atoms with Crippen molar-refractivity contribution in [3.05, 3.63) is 51.0 Å². The highest BCUT2D eigenvalue weighted by atomic mass is 79.9. The molecule has 4 nitrogen and oxygen atoms in total. The van der Waals surface area contributed by atoms with Crippen molar-refractivity contribution in [2.45, 2.75) is 6.04 Å². The van der Waals surface area contributed by atoms with E-state index in [1.54, 1.807) is 19.2 Å². The van der Waals surface area contributed by atoms with Gasteiger partial charge in [0.1, 0.15) is 5.75 Å². The van der Waals surface area contributed by atoms with E-state index in [9.17, 15) is 0 Å². The third-order valence-corrected chi connectivity index (χ3v) is 4.14. The van der Waals surface area contributed by atoms with Crippen LogP contribution in [0.5, 0.6) is 17.2 Å². The minimum Gasteiger partial charge on any atom is -0.495 e. The molecule has 0 fully saturated rings. The Morgan fingerprint density at radius 3 is 2.76 bits per heavy atom. The zero-order valence-electron chi connectivity index (χ0n) is 11.2. The average molecular weight is 371 g/mol. The van der Waals surface area contributed by atoms with Gasteiger partial charge in [-0.3, -0.25) is 0 Å². The van der Waals surface area contributed by atoms with Gasteiger partial charge in [0, 0.05) is 10.6 Å². The summed E-state index contributed by atoms with van der Waals surface area (Å²) < 4.78 is 16.9. The van der Waals surface area contributed by atoms with Crippen molar-refractivity contribution in [2.75, 3.05) is 13.9 Å². The van der Waals surface area contributed by atoms with E-state index in [0.29, 0.717) is 16.5 Å². The van der Waals surface area contributed by atoms with E-state index in [1.807, 2.05) is 18.2 Å². The van der Waals surface area contributed by atoms with Crippen LogP contribution in [0.15, 0.2) is 34.8 Å². The largest absolute Gasteiger partial charge is 0.495 e. The highest BCUT2D eigenvalue weighted by Crippen LogP contribution is 2.40. The van der Waals surface area contributed by atoms with Crippen LogP contribution in [0.2, 0.25) is 5.02 Å². The smallest absolute Gasteiger partial charge is 0.231 e. The lowest BCUT2D eigenvalue weighted by Gasteiger charge is -2.18. The number of hydrogen-bond donors (Lipinski definition) is 1. The first-order valence-electron chi connectivity index (χ1n) is 6.28. The summed E-state index contributed by atoms with van der Waals surface area (Å²) in [6.07, 6.45) is 0. The highest BCUT2D eigenvalue weighted by Gasteiger charge is 2.21. The van der Waals surface area contributed by atoms with Gasteiger partial charge in [-0.25, -0.2) is 0 Å². The molecule has 0 aliphatic carbocycles. The van der Waals surface area contributed by atoms with Crippen LogP contribution in [0.1, 0.15) is 17.2 Å². The molecular weight excluding hydrogens is 358 g/mol. The molecule has 21 heavy (non-hydrogen) atoms. The molecule has 6 heteroatoms. The maximum atomic E-state index is 6.37. The second kappa shape index (κ2) is 5.75. The lowest BCUT2D eigenvalue weighted by Crippen LogP contribution is -2.13. The van der Waals surface area contributed by atoms with Gasteiger partial charge in [-0.1, -0.05) is 17.7 Å². The van der Waals surface area contributed by atoms with Crippen molar-refractivity contribution in [1.29, 1.82) is 0 Å². The lowest BCUT2D eigenvalue weighted by atomic mass is 9.98. The van der Waals surface area contributed by atoms with Crippen molar-refractivity contribution >= 4 is 27.5 Å². The van der Waals surface area contributed by atoms with Crippen LogP contribution in [-0.2, 0) is 0 Å². The Hall–Kier alpha value is -1.43. The fraction of sp³-hybridized carbons (Fsp3) is 0.200. The van der Waals surface area contributed by atoms with Gasteiger partial charge in [-0.05, 0) is 45.8 Å². The SMILES string of the molecule is COc1c(Br)cc(Cl)cc1C(N)c1ccc2c(c1)OCO2. The Balaban J connectivity index is 2.04. The summed E-state index contributed by atoms with van der Waals surface area (Å²) in [5, 5.41) is 0.592. The molecule has 1 atom stereocenters. The van der Waals surface area contributed by atoms with Gasteiger partial charge in [0.15, 0.2) is 11.5 Å². The second-order valence-electron chi connectivity index (χ2n) is 4.60. The highest BCUT2D eigenvalue weighted by molar-refractivity contribution is 9.10. The maximum absolute atomic E-state index is 6.37. The van der Waals surface area contributed by atoms with Gasteiger partial charge in [-0.2, -0.15) is 0 Å². The normalized spacial score (nSPS) is 14.1.